The van der Waals surface area contributed by atoms with Crippen molar-refractivity contribution in [3.63, 3.8) is 0 Å². The number of anilines is 1. The molecule has 2 aromatic heterocycles. The summed E-state index contributed by atoms with van der Waals surface area (Å²) < 4.78 is 1.98. The molecule has 17 heavy (non-hydrogen) atoms. The molecule has 4 heteroatoms. The molecule has 0 amide bonds. The van der Waals surface area contributed by atoms with Crippen LogP contribution < -0.4 is 5.73 Å². The number of imidazole rings is 1. The van der Waals surface area contributed by atoms with Crippen LogP contribution in [0.1, 0.15) is 5.69 Å². The minimum absolute atomic E-state index is 0.465. The number of hydrogen-bond donors (Lipinski definition) is 1. The van der Waals surface area contributed by atoms with Crippen LogP contribution in [0.4, 0.5) is 5.82 Å². The second kappa shape index (κ2) is 3.59. The van der Waals surface area contributed by atoms with E-state index in [0.29, 0.717) is 11.5 Å². The van der Waals surface area contributed by atoms with Gasteiger partial charge in [0, 0.05) is 11.8 Å². The smallest absolute Gasteiger partial charge is 0.180 e. The molecule has 0 unspecified atom stereocenters. The topological polar surface area (TPSA) is 56.2 Å². The Bertz CT molecular complexity index is 670. The second-order valence-electron chi connectivity index (χ2n) is 3.97. The van der Waals surface area contributed by atoms with E-state index in [0.717, 1.165) is 17.0 Å². The summed E-state index contributed by atoms with van der Waals surface area (Å²) in [5.41, 5.74) is 9.58. The Labute approximate surface area is 98.8 Å². The lowest BCUT2D eigenvalue weighted by Crippen LogP contribution is -1.99. The number of fused-ring (bicyclic) bond motifs is 1. The van der Waals surface area contributed by atoms with Crippen molar-refractivity contribution in [2.24, 2.45) is 0 Å². The van der Waals surface area contributed by atoms with E-state index in [1.165, 1.54) is 0 Å². The average Bonchev–Trinajstić information content (AvgIpc) is 2.74. The van der Waals surface area contributed by atoms with Gasteiger partial charge in [0.1, 0.15) is 0 Å². The highest BCUT2D eigenvalue weighted by molar-refractivity contribution is 5.69. The van der Waals surface area contributed by atoms with Gasteiger partial charge in [-0.2, -0.15) is 0 Å². The van der Waals surface area contributed by atoms with Gasteiger partial charge in [-0.05, 0) is 6.92 Å². The van der Waals surface area contributed by atoms with Gasteiger partial charge in [-0.1, -0.05) is 30.3 Å². The molecule has 0 radical (unpaired) electrons. The van der Waals surface area contributed by atoms with Gasteiger partial charge in [0.25, 0.3) is 0 Å². The van der Waals surface area contributed by atoms with Gasteiger partial charge in [0.2, 0.25) is 0 Å². The zero-order chi connectivity index (χ0) is 11.8. The van der Waals surface area contributed by atoms with E-state index in [9.17, 15) is 0 Å². The van der Waals surface area contributed by atoms with Crippen LogP contribution in [0, 0.1) is 6.92 Å². The van der Waals surface area contributed by atoms with Gasteiger partial charge in [0.05, 0.1) is 17.6 Å². The fourth-order valence-corrected chi connectivity index (χ4v) is 1.96. The first-order chi connectivity index (χ1) is 8.25. The zero-order valence-electron chi connectivity index (χ0n) is 9.46. The van der Waals surface area contributed by atoms with Gasteiger partial charge in [-0.15, -0.1) is 0 Å². The van der Waals surface area contributed by atoms with Crippen LogP contribution >= 0.6 is 0 Å². The van der Waals surface area contributed by atoms with Crippen molar-refractivity contribution in [3.8, 4) is 11.3 Å². The SMILES string of the molecule is Cc1cn2c(-c3ccccc3)cnc2c(N)n1. The van der Waals surface area contributed by atoms with Crippen molar-refractivity contribution in [1.82, 2.24) is 14.4 Å². The molecule has 0 saturated heterocycles. The summed E-state index contributed by atoms with van der Waals surface area (Å²) in [7, 11) is 0. The molecule has 3 rings (SSSR count). The number of benzene rings is 1. The Hall–Kier alpha value is -2.36. The lowest BCUT2D eigenvalue weighted by molar-refractivity contribution is 1.08. The fraction of sp³-hybridized carbons (Fsp3) is 0.0769. The quantitative estimate of drug-likeness (QED) is 0.690. The van der Waals surface area contributed by atoms with Gasteiger partial charge in [0.15, 0.2) is 11.5 Å². The number of nitrogens with zero attached hydrogens (tertiary/aromatic N) is 3. The number of hydrogen-bond acceptors (Lipinski definition) is 3. The van der Waals surface area contributed by atoms with E-state index in [1.807, 2.05) is 41.9 Å². The third-order valence-electron chi connectivity index (χ3n) is 2.71. The van der Waals surface area contributed by atoms with E-state index in [4.69, 9.17) is 5.73 Å². The maximum Gasteiger partial charge on any atom is 0.180 e. The van der Waals surface area contributed by atoms with Crippen molar-refractivity contribution >= 4 is 11.5 Å². The molecule has 0 saturated carbocycles. The molecule has 3 aromatic rings. The van der Waals surface area contributed by atoms with E-state index in [2.05, 4.69) is 22.1 Å². The molecular formula is C13H12N4. The first-order valence-corrected chi connectivity index (χ1v) is 5.41. The number of nitrogen functional groups attached to an aromatic ring is 1. The lowest BCUT2D eigenvalue weighted by atomic mass is 10.2. The molecule has 2 heterocycles. The summed E-state index contributed by atoms with van der Waals surface area (Å²) in [6.07, 6.45) is 3.77. The van der Waals surface area contributed by atoms with Crippen LogP contribution in [0.5, 0.6) is 0 Å². The second-order valence-corrected chi connectivity index (χ2v) is 3.97. The van der Waals surface area contributed by atoms with Crippen LogP contribution in [0.3, 0.4) is 0 Å². The normalized spacial score (nSPS) is 10.9. The molecule has 0 aliphatic carbocycles. The monoisotopic (exact) mass is 224 g/mol. The van der Waals surface area contributed by atoms with Gasteiger partial charge in [-0.25, -0.2) is 9.97 Å². The molecule has 0 spiro atoms. The largest absolute Gasteiger partial charge is 0.381 e. The summed E-state index contributed by atoms with van der Waals surface area (Å²) in [5, 5.41) is 0. The first-order valence-electron chi connectivity index (χ1n) is 5.41. The highest BCUT2D eigenvalue weighted by Crippen LogP contribution is 2.22. The fourth-order valence-electron chi connectivity index (χ4n) is 1.96. The number of nitrogens with two attached hydrogens (primary N) is 1. The third-order valence-corrected chi connectivity index (χ3v) is 2.71. The van der Waals surface area contributed by atoms with Crippen molar-refractivity contribution in [2.75, 3.05) is 5.73 Å². The lowest BCUT2D eigenvalue weighted by Gasteiger charge is -2.04. The van der Waals surface area contributed by atoms with E-state index in [1.54, 1.807) is 0 Å². The predicted octanol–water partition coefficient (Wildman–Crippen LogP) is 2.29. The van der Waals surface area contributed by atoms with Crippen LogP contribution in [0.2, 0.25) is 0 Å². The Morgan fingerprint density at radius 3 is 2.71 bits per heavy atom. The molecule has 0 fully saturated rings. The summed E-state index contributed by atoms with van der Waals surface area (Å²) in [6, 6.07) is 10.1. The Morgan fingerprint density at radius 1 is 1.18 bits per heavy atom. The summed E-state index contributed by atoms with van der Waals surface area (Å²) >= 11 is 0. The number of rotatable bonds is 1. The zero-order valence-corrected chi connectivity index (χ0v) is 9.46. The van der Waals surface area contributed by atoms with Crippen LogP contribution in [-0.4, -0.2) is 14.4 Å². The van der Waals surface area contributed by atoms with Crippen LogP contribution in [0.25, 0.3) is 16.9 Å². The van der Waals surface area contributed by atoms with Crippen molar-refractivity contribution in [3.05, 3.63) is 48.4 Å². The van der Waals surface area contributed by atoms with Crippen LogP contribution in [0.15, 0.2) is 42.7 Å². The van der Waals surface area contributed by atoms with Gasteiger partial charge in [-0.3, -0.25) is 4.40 Å². The minimum atomic E-state index is 0.465. The van der Waals surface area contributed by atoms with E-state index in [-0.39, 0.29) is 0 Å². The Balaban J connectivity index is 2.32. The standard InChI is InChI=1S/C13H12N4/c1-9-8-17-11(10-5-3-2-4-6-10)7-15-13(17)12(14)16-9/h2-8H,1H3,(H2,14,16). The minimum Gasteiger partial charge on any atom is -0.381 e. The van der Waals surface area contributed by atoms with E-state index >= 15 is 0 Å². The highest BCUT2D eigenvalue weighted by Gasteiger charge is 2.08. The summed E-state index contributed by atoms with van der Waals surface area (Å²) in [6.45, 7) is 1.92. The molecule has 0 aliphatic rings. The number of aryl methyl sites for hydroxylation is 1. The third kappa shape index (κ3) is 1.54. The maximum atomic E-state index is 5.85. The molecule has 1 aromatic carbocycles. The maximum absolute atomic E-state index is 5.85. The van der Waals surface area contributed by atoms with Crippen LogP contribution in [-0.2, 0) is 0 Å². The Morgan fingerprint density at radius 2 is 1.94 bits per heavy atom. The van der Waals surface area contributed by atoms with Gasteiger partial charge >= 0.3 is 0 Å². The molecule has 4 nitrogen and oxygen atoms in total. The highest BCUT2D eigenvalue weighted by atomic mass is 15.1. The molecule has 84 valence electrons. The average molecular weight is 224 g/mol. The Kier molecular flexibility index (Phi) is 2.08. The van der Waals surface area contributed by atoms with Crippen molar-refractivity contribution < 1.29 is 0 Å². The van der Waals surface area contributed by atoms with E-state index < -0.39 is 0 Å². The van der Waals surface area contributed by atoms with Crippen molar-refractivity contribution in [2.45, 2.75) is 6.92 Å². The predicted molar refractivity (Wildman–Crippen MR) is 67.6 cm³/mol. The molecule has 2 N–H and O–H groups in total. The molecule has 0 aliphatic heterocycles. The number of aromatic nitrogens is 3. The van der Waals surface area contributed by atoms with Crippen molar-refractivity contribution in [1.29, 1.82) is 0 Å². The summed E-state index contributed by atoms with van der Waals surface area (Å²) in [5.74, 6) is 0.465. The van der Waals surface area contributed by atoms with Gasteiger partial charge < -0.3 is 5.73 Å². The molecular weight excluding hydrogens is 212 g/mol. The first kappa shape index (κ1) is 9.84. The molecule has 0 bridgehead atoms. The molecule has 0 atom stereocenters. The summed E-state index contributed by atoms with van der Waals surface area (Å²) in [4.78, 5) is 8.51.